The van der Waals surface area contributed by atoms with E-state index in [0.717, 1.165) is 11.1 Å². The van der Waals surface area contributed by atoms with E-state index in [1.54, 1.807) is 20.1 Å². The summed E-state index contributed by atoms with van der Waals surface area (Å²) in [6.07, 6.45) is -0.00111. The summed E-state index contributed by atoms with van der Waals surface area (Å²) >= 11 is 0. The largest absolute Gasteiger partial charge is 0.493 e. The summed E-state index contributed by atoms with van der Waals surface area (Å²) in [4.78, 5) is 27.0. The molecule has 1 amide bonds. The number of hydrogen-bond donors (Lipinski definition) is 0. The fourth-order valence-electron chi connectivity index (χ4n) is 3.42. The highest BCUT2D eigenvalue weighted by molar-refractivity contribution is 5.84. The minimum Gasteiger partial charge on any atom is -0.493 e. The van der Waals surface area contributed by atoms with Crippen LogP contribution in [-0.2, 0) is 27.3 Å². The molecule has 0 bridgehead atoms. The summed E-state index contributed by atoms with van der Waals surface area (Å²) in [5, 5.41) is 0. The Kier molecular flexibility index (Phi) is 6.59. The lowest BCUT2D eigenvalue weighted by Gasteiger charge is -2.35. The zero-order valence-electron chi connectivity index (χ0n) is 16.8. The van der Waals surface area contributed by atoms with E-state index in [1.807, 2.05) is 36.4 Å². The quantitative estimate of drug-likeness (QED) is 0.692. The van der Waals surface area contributed by atoms with Crippen LogP contribution < -0.4 is 9.47 Å². The van der Waals surface area contributed by atoms with Gasteiger partial charge in [0, 0.05) is 6.54 Å². The van der Waals surface area contributed by atoms with Crippen molar-refractivity contribution in [2.45, 2.75) is 26.0 Å². The molecule has 0 fully saturated rings. The molecular formula is C22H25NO6. The van der Waals surface area contributed by atoms with Crippen molar-refractivity contribution in [3.05, 3.63) is 59.2 Å². The fourth-order valence-corrected chi connectivity index (χ4v) is 3.42. The first-order valence-corrected chi connectivity index (χ1v) is 9.47. The average Bonchev–Trinajstić information content (AvgIpc) is 2.76. The Labute approximate surface area is 170 Å². The minimum absolute atomic E-state index is 0.129. The topological polar surface area (TPSA) is 74.3 Å². The summed E-state index contributed by atoms with van der Waals surface area (Å²) in [6.45, 7) is 2.41. The number of nitrogens with zero attached hydrogens (tertiary/aromatic N) is 1. The van der Waals surface area contributed by atoms with Crippen LogP contribution in [0.1, 0.15) is 29.7 Å². The third-order valence-corrected chi connectivity index (χ3v) is 4.82. The molecule has 0 saturated carbocycles. The van der Waals surface area contributed by atoms with Crippen LogP contribution in [0.2, 0.25) is 0 Å². The van der Waals surface area contributed by atoms with Crippen molar-refractivity contribution in [1.29, 1.82) is 0 Å². The van der Waals surface area contributed by atoms with Crippen LogP contribution in [0.25, 0.3) is 0 Å². The molecule has 1 aliphatic rings. The van der Waals surface area contributed by atoms with Gasteiger partial charge in [-0.05, 0) is 42.2 Å². The van der Waals surface area contributed by atoms with Crippen molar-refractivity contribution in [3.8, 4) is 11.5 Å². The lowest BCUT2D eigenvalue weighted by atomic mass is 9.92. The summed E-state index contributed by atoms with van der Waals surface area (Å²) in [6, 6.07) is 12.1. The van der Waals surface area contributed by atoms with Gasteiger partial charge in [-0.15, -0.1) is 0 Å². The van der Waals surface area contributed by atoms with Gasteiger partial charge in [-0.1, -0.05) is 30.3 Å². The van der Waals surface area contributed by atoms with E-state index >= 15 is 0 Å². The summed E-state index contributed by atoms with van der Waals surface area (Å²) < 4.78 is 21.5. The van der Waals surface area contributed by atoms with Crippen LogP contribution in [0.5, 0.6) is 11.5 Å². The Morgan fingerprint density at radius 2 is 1.72 bits per heavy atom. The van der Waals surface area contributed by atoms with Gasteiger partial charge in [-0.3, -0.25) is 4.90 Å². The summed E-state index contributed by atoms with van der Waals surface area (Å²) in [7, 11) is 3.08. The first-order chi connectivity index (χ1) is 14.1. The number of esters is 1. The highest BCUT2D eigenvalue weighted by Crippen LogP contribution is 2.39. The molecule has 0 aliphatic carbocycles. The molecule has 7 heteroatoms. The SMILES string of the molecule is CCOC(=O)C1c2cc(OC)c(OC)cc2CCN1C(=O)OCc1ccccc1. The maximum Gasteiger partial charge on any atom is 0.411 e. The maximum absolute atomic E-state index is 12.8. The van der Waals surface area contributed by atoms with Crippen LogP contribution in [0, 0.1) is 0 Å². The van der Waals surface area contributed by atoms with E-state index in [0.29, 0.717) is 30.0 Å². The number of carbonyl (C=O) groups is 2. The minimum atomic E-state index is -0.901. The number of benzene rings is 2. The van der Waals surface area contributed by atoms with E-state index in [1.165, 1.54) is 12.0 Å². The van der Waals surface area contributed by atoms with Crippen molar-refractivity contribution in [1.82, 2.24) is 4.90 Å². The van der Waals surface area contributed by atoms with Crippen molar-refractivity contribution < 1.29 is 28.5 Å². The molecule has 0 N–H and O–H groups in total. The Hall–Kier alpha value is -3.22. The molecule has 1 unspecified atom stereocenters. The van der Waals surface area contributed by atoms with Crippen LogP contribution in [0.4, 0.5) is 4.79 Å². The number of ether oxygens (including phenoxy) is 4. The molecule has 2 aromatic rings. The van der Waals surface area contributed by atoms with Crippen LogP contribution in [0.15, 0.2) is 42.5 Å². The molecule has 3 rings (SSSR count). The Morgan fingerprint density at radius 1 is 1.03 bits per heavy atom. The maximum atomic E-state index is 12.8. The van der Waals surface area contributed by atoms with Gasteiger partial charge in [0.1, 0.15) is 6.61 Å². The molecule has 7 nitrogen and oxygen atoms in total. The Morgan fingerprint density at radius 3 is 2.38 bits per heavy atom. The van der Waals surface area contributed by atoms with Crippen molar-refractivity contribution in [3.63, 3.8) is 0 Å². The second kappa shape index (κ2) is 9.32. The van der Waals surface area contributed by atoms with Crippen molar-refractivity contribution in [2.75, 3.05) is 27.4 Å². The monoisotopic (exact) mass is 399 g/mol. The van der Waals surface area contributed by atoms with Gasteiger partial charge >= 0.3 is 12.1 Å². The zero-order valence-corrected chi connectivity index (χ0v) is 16.8. The van der Waals surface area contributed by atoms with E-state index in [9.17, 15) is 9.59 Å². The number of amides is 1. The van der Waals surface area contributed by atoms with E-state index in [4.69, 9.17) is 18.9 Å². The first kappa shape index (κ1) is 20.5. The molecule has 2 aromatic carbocycles. The van der Waals surface area contributed by atoms with Gasteiger partial charge < -0.3 is 18.9 Å². The predicted molar refractivity (Wildman–Crippen MR) is 106 cm³/mol. The van der Waals surface area contributed by atoms with Crippen LogP contribution in [0.3, 0.4) is 0 Å². The number of carbonyl (C=O) groups excluding carboxylic acids is 2. The second-order valence-corrected chi connectivity index (χ2v) is 6.54. The van der Waals surface area contributed by atoms with E-state index < -0.39 is 18.1 Å². The smallest absolute Gasteiger partial charge is 0.411 e. The van der Waals surface area contributed by atoms with Gasteiger partial charge in [0.15, 0.2) is 17.5 Å². The molecule has 0 saturated heterocycles. The average molecular weight is 399 g/mol. The van der Waals surface area contributed by atoms with Crippen LogP contribution >= 0.6 is 0 Å². The lowest BCUT2D eigenvalue weighted by Crippen LogP contribution is -2.44. The molecule has 1 atom stereocenters. The number of rotatable bonds is 6. The third-order valence-electron chi connectivity index (χ3n) is 4.82. The van der Waals surface area contributed by atoms with E-state index in [-0.39, 0.29) is 13.2 Å². The molecule has 0 spiro atoms. The molecular weight excluding hydrogens is 374 g/mol. The Balaban J connectivity index is 1.89. The number of fused-ring (bicyclic) bond motifs is 1. The highest BCUT2D eigenvalue weighted by atomic mass is 16.6. The van der Waals surface area contributed by atoms with Gasteiger partial charge in [0.2, 0.25) is 0 Å². The van der Waals surface area contributed by atoms with E-state index in [2.05, 4.69) is 0 Å². The zero-order chi connectivity index (χ0) is 20.8. The second-order valence-electron chi connectivity index (χ2n) is 6.54. The lowest BCUT2D eigenvalue weighted by molar-refractivity contribution is -0.149. The van der Waals surface area contributed by atoms with Gasteiger partial charge in [0.05, 0.1) is 20.8 Å². The van der Waals surface area contributed by atoms with Crippen molar-refractivity contribution in [2.24, 2.45) is 0 Å². The molecule has 1 aliphatic heterocycles. The molecule has 1 heterocycles. The van der Waals surface area contributed by atoms with Crippen LogP contribution in [-0.4, -0.2) is 44.3 Å². The molecule has 154 valence electrons. The highest BCUT2D eigenvalue weighted by Gasteiger charge is 2.38. The van der Waals surface area contributed by atoms with Gasteiger partial charge in [-0.25, -0.2) is 9.59 Å². The third kappa shape index (κ3) is 4.45. The number of hydrogen-bond acceptors (Lipinski definition) is 6. The molecule has 0 radical (unpaired) electrons. The summed E-state index contributed by atoms with van der Waals surface area (Å²) in [5.41, 5.74) is 2.44. The van der Waals surface area contributed by atoms with Gasteiger partial charge in [0.25, 0.3) is 0 Å². The summed E-state index contributed by atoms with van der Waals surface area (Å²) in [5.74, 6) is 0.561. The normalized spacial score (nSPS) is 15.3. The standard InChI is InChI=1S/C22H25NO6/c1-4-28-21(24)20-17-13-19(27-3)18(26-2)12-16(17)10-11-23(20)22(25)29-14-15-8-6-5-7-9-15/h5-9,12-13,20H,4,10-11,14H2,1-3H3. The van der Waals surface area contributed by atoms with Crippen molar-refractivity contribution >= 4 is 12.1 Å². The van der Waals surface area contributed by atoms with Gasteiger partial charge in [-0.2, -0.15) is 0 Å². The molecule has 29 heavy (non-hydrogen) atoms. The number of methoxy groups -OCH3 is 2. The first-order valence-electron chi connectivity index (χ1n) is 9.47. The fraction of sp³-hybridized carbons (Fsp3) is 0.364. The predicted octanol–water partition coefficient (Wildman–Crippen LogP) is 3.50. The molecule has 0 aromatic heterocycles. The Bertz CT molecular complexity index is 867.